The van der Waals surface area contributed by atoms with Gasteiger partial charge in [0.15, 0.2) is 9.84 Å². The maximum absolute atomic E-state index is 14.1. The largest absolute Gasteiger partial charge is 0.326 e. The fraction of sp³-hybridized carbons (Fsp3) is 0.250. The zero-order valence-corrected chi connectivity index (χ0v) is 12.7. The molecular weight excluding hydrogens is 289 g/mol. The molecule has 0 heterocycles. The molecule has 0 aliphatic rings. The Morgan fingerprint density at radius 2 is 1.71 bits per heavy atom. The molecule has 0 bridgehead atoms. The van der Waals surface area contributed by atoms with Crippen LogP contribution in [-0.2, 0) is 27.9 Å². The van der Waals surface area contributed by atoms with Gasteiger partial charge in [-0.3, -0.25) is 0 Å². The van der Waals surface area contributed by atoms with E-state index in [1.807, 2.05) is 25.1 Å². The fourth-order valence-corrected chi connectivity index (χ4v) is 3.73. The van der Waals surface area contributed by atoms with E-state index in [9.17, 15) is 12.8 Å². The lowest BCUT2D eigenvalue weighted by molar-refractivity contribution is 0.581. The van der Waals surface area contributed by atoms with Gasteiger partial charge in [-0.15, -0.1) is 0 Å². The number of hydrogen-bond acceptors (Lipinski definition) is 3. The van der Waals surface area contributed by atoms with E-state index in [0.29, 0.717) is 11.1 Å². The van der Waals surface area contributed by atoms with Gasteiger partial charge in [-0.05, 0) is 12.5 Å². The van der Waals surface area contributed by atoms with Gasteiger partial charge in [-0.2, -0.15) is 0 Å². The third-order valence-electron chi connectivity index (χ3n) is 3.22. The normalized spacial score (nSPS) is 11.6. The van der Waals surface area contributed by atoms with Crippen molar-refractivity contribution in [1.82, 2.24) is 0 Å². The molecule has 2 N–H and O–H groups in total. The number of rotatable bonds is 5. The number of halogens is 1. The van der Waals surface area contributed by atoms with E-state index in [1.165, 1.54) is 6.07 Å². The van der Waals surface area contributed by atoms with Crippen LogP contribution in [0.3, 0.4) is 0 Å². The van der Waals surface area contributed by atoms with Gasteiger partial charge in [0.1, 0.15) is 5.82 Å². The second kappa shape index (κ2) is 6.37. The molecule has 0 saturated carbocycles. The van der Waals surface area contributed by atoms with Crippen LogP contribution in [0.15, 0.2) is 42.5 Å². The number of benzene rings is 2. The van der Waals surface area contributed by atoms with Gasteiger partial charge in [0.25, 0.3) is 0 Å². The molecule has 2 aromatic rings. The van der Waals surface area contributed by atoms with Crippen LogP contribution in [0.25, 0.3) is 0 Å². The van der Waals surface area contributed by atoms with Crippen LogP contribution in [0.1, 0.15) is 22.3 Å². The molecule has 0 saturated heterocycles. The summed E-state index contributed by atoms with van der Waals surface area (Å²) in [5.74, 6) is -0.936. The third kappa shape index (κ3) is 4.12. The first-order chi connectivity index (χ1) is 9.91. The van der Waals surface area contributed by atoms with Crippen LogP contribution < -0.4 is 5.73 Å². The highest BCUT2D eigenvalue weighted by Gasteiger charge is 2.17. The smallest absolute Gasteiger partial charge is 0.158 e. The topological polar surface area (TPSA) is 60.2 Å². The first-order valence-corrected chi connectivity index (χ1v) is 8.46. The highest BCUT2D eigenvalue weighted by atomic mass is 32.2. The Balaban J connectivity index is 2.22. The van der Waals surface area contributed by atoms with Crippen LogP contribution in [0.5, 0.6) is 0 Å². The van der Waals surface area contributed by atoms with Crippen LogP contribution >= 0.6 is 0 Å². The van der Waals surface area contributed by atoms with E-state index < -0.39 is 15.7 Å². The lowest BCUT2D eigenvalue weighted by Gasteiger charge is -2.08. The van der Waals surface area contributed by atoms with Gasteiger partial charge in [-0.1, -0.05) is 48.0 Å². The van der Waals surface area contributed by atoms with Crippen molar-refractivity contribution in [2.45, 2.75) is 25.0 Å². The van der Waals surface area contributed by atoms with Gasteiger partial charge in [0.2, 0.25) is 0 Å². The molecule has 112 valence electrons. The average Bonchev–Trinajstić information content (AvgIpc) is 2.40. The lowest BCUT2D eigenvalue weighted by Crippen LogP contribution is -2.11. The number of nitrogens with two attached hydrogens (primary N) is 1. The van der Waals surface area contributed by atoms with Crippen LogP contribution in [-0.4, -0.2) is 8.42 Å². The highest BCUT2D eigenvalue weighted by molar-refractivity contribution is 7.89. The van der Waals surface area contributed by atoms with E-state index in [-0.39, 0.29) is 23.6 Å². The summed E-state index contributed by atoms with van der Waals surface area (Å²) in [6.07, 6.45) is 0. The van der Waals surface area contributed by atoms with Crippen LogP contribution in [0.2, 0.25) is 0 Å². The number of aryl methyl sites for hydroxylation is 1. The molecule has 0 fully saturated rings. The van der Waals surface area contributed by atoms with Gasteiger partial charge in [0.05, 0.1) is 11.5 Å². The second-order valence-corrected chi connectivity index (χ2v) is 7.18. The summed E-state index contributed by atoms with van der Waals surface area (Å²) in [5, 5.41) is 0. The minimum atomic E-state index is -3.43. The predicted molar refractivity (Wildman–Crippen MR) is 81.8 cm³/mol. The monoisotopic (exact) mass is 307 g/mol. The minimum absolute atomic E-state index is 0.0532. The standard InChI is InChI=1S/C16H18FNO2S/c1-12-4-2-5-13(8-12)10-21(19,20)11-15-7-3-6-14(9-18)16(15)17/h2-8H,9-11,18H2,1H3. The molecule has 2 aromatic carbocycles. The molecule has 21 heavy (non-hydrogen) atoms. The SMILES string of the molecule is Cc1cccc(CS(=O)(=O)Cc2cccc(CN)c2F)c1. The molecule has 0 aromatic heterocycles. The minimum Gasteiger partial charge on any atom is -0.326 e. The van der Waals surface area contributed by atoms with Crippen LogP contribution in [0.4, 0.5) is 4.39 Å². The first kappa shape index (κ1) is 15.7. The summed E-state index contributed by atoms with van der Waals surface area (Å²) in [4.78, 5) is 0. The van der Waals surface area contributed by atoms with Crippen LogP contribution in [0, 0.1) is 12.7 Å². The maximum Gasteiger partial charge on any atom is 0.158 e. The Morgan fingerprint density at radius 1 is 1.05 bits per heavy atom. The van der Waals surface area contributed by atoms with E-state index >= 15 is 0 Å². The highest BCUT2D eigenvalue weighted by Crippen LogP contribution is 2.18. The van der Waals surface area contributed by atoms with Crippen molar-refractivity contribution in [3.05, 3.63) is 70.5 Å². The van der Waals surface area contributed by atoms with Crippen molar-refractivity contribution in [2.75, 3.05) is 0 Å². The van der Waals surface area contributed by atoms with Gasteiger partial charge < -0.3 is 5.73 Å². The molecule has 0 aliphatic carbocycles. The Morgan fingerprint density at radius 3 is 2.38 bits per heavy atom. The molecule has 0 spiro atoms. The predicted octanol–water partition coefficient (Wildman–Crippen LogP) is 2.71. The quantitative estimate of drug-likeness (QED) is 0.924. The number of sulfone groups is 1. The summed E-state index contributed by atoms with van der Waals surface area (Å²) >= 11 is 0. The molecular formula is C16H18FNO2S. The molecule has 0 atom stereocenters. The van der Waals surface area contributed by atoms with Gasteiger partial charge in [0, 0.05) is 17.7 Å². The second-order valence-electron chi connectivity index (χ2n) is 5.12. The lowest BCUT2D eigenvalue weighted by atomic mass is 10.1. The van der Waals surface area contributed by atoms with Gasteiger partial charge >= 0.3 is 0 Å². The van der Waals surface area contributed by atoms with Crippen molar-refractivity contribution in [2.24, 2.45) is 5.73 Å². The molecule has 0 radical (unpaired) electrons. The van der Waals surface area contributed by atoms with Crippen molar-refractivity contribution in [1.29, 1.82) is 0 Å². The van der Waals surface area contributed by atoms with Crippen molar-refractivity contribution < 1.29 is 12.8 Å². The summed E-state index contributed by atoms with van der Waals surface area (Å²) in [7, 11) is -3.43. The third-order valence-corrected chi connectivity index (χ3v) is 4.75. The first-order valence-electron chi connectivity index (χ1n) is 6.63. The van der Waals surface area contributed by atoms with Crippen molar-refractivity contribution >= 4 is 9.84 Å². The molecule has 0 amide bonds. The molecule has 0 aliphatic heterocycles. The Labute approximate surface area is 124 Å². The fourth-order valence-electron chi connectivity index (χ4n) is 2.25. The maximum atomic E-state index is 14.1. The summed E-state index contributed by atoms with van der Waals surface area (Å²) < 4.78 is 38.5. The summed E-state index contributed by atoms with van der Waals surface area (Å²) in [6.45, 7) is 1.96. The Hall–Kier alpha value is -1.72. The molecule has 5 heteroatoms. The average molecular weight is 307 g/mol. The number of hydrogen-bond donors (Lipinski definition) is 1. The van der Waals surface area contributed by atoms with Gasteiger partial charge in [-0.25, -0.2) is 12.8 Å². The zero-order chi connectivity index (χ0) is 15.5. The van der Waals surface area contributed by atoms with Crippen molar-refractivity contribution in [3.63, 3.8) is 0 Å². The van der Waals surface area contributed by atoms with Crippen molar-refractivity contribution in [3.8, 4) is 0 Å². The summed E-state index contributed by atoms with van der Waals surface area (Å²) in [5.41, 5.74) is 7.65. The van der Waals surface area contributed by atoms with E-state index in [1.54, 1.807) is 18.2 Å². The molecule has 0 unspecified atom stereocenters. The van der Waals surface area contributed by atoms with E-state index in [2.05, 4.69) is 0 Å². The van der Waals surface area contributed by atoms with E-state index in [0.717, 1.165) is 5.56 Å². The Bertz CT molecular complexity index is 742. The van der Waals surface area contributed by atoms with E-state index in [4.69, 9.17) is 5.73 Å². The Kier molecular flexibility index (Phi) is 4.75. The zero-order valence-electron chi connectivity index (χ0n) is 11.8. The summed E-state index contributed by atoms with van der Waals surface area (Å²) in [6, 6.07) is 12.0. The molecule has 3 nitrogen and oxygen atoms in total. The molecule has 2 rings (SSSR count).